The topological polar surface area (TPSA) is 36.1 Å². The van der Waals surface area contributed by atoms with E-state index in [1.165, 1.54) is 5.57 Å². The summed E-state index contributed by atoms with van der Waals surface area (Å²) in [6, 6.07) is 16.4. The van der Waals surface area contributed by atoms with Crippen LogP contribution in [0.4, 0.5) is 11.4 Å². The summed E-state index contributed by atoms with van der Waals surface area (Å²) in [7, 11) is 0. The summed E-state index contributed by atoms with van der Waals surface area (Å²) in [4.78, 5) is 0. The van der Waals surface area contributed by atoms with Crippen LogP contribution < -0.4 is 16.0 Å². The van der Waals surface area contributed by atoms with Crippen LogP contribution in [0, 0.1) is 0 Å². The van der Waals surface area contributed by atoms with E-state index in [2.05, 4.69) is 79.9 Å². The van der Waals surface area contributed by atoms with E-state index in [1.807, 2.05) is 31.2 Å². The summed E-state index contributed by atoms with van der Waals surface area (Å²) in [5, 5.41) is 10.0. The summed E-state index contributed by atoms with van der Waals surface area (Å²) in [5.74, 6) is 0. The quantitative estimate of drug-likeness (QED) is 0.286. The Morgan fingerprint density at radius 1 is 0.828 bits per heavy atom. The number of hydrogen-bond donors (Lipinski definition) is 3. The molecule has 2 rings (SSSR count). The molecule has 3 nitrogen and oxygen atoms in total. The Hall–Kier alpha value is -3.20. The first-order valence-corrected chi connectivity index (χ1v) is 10.1. The third-order valence-corrected chi connectivity index (χ3v) is 4.80. The van der Waals surface area contributed by atoms with Gasteiger partial charge in [0.05, 0.1) is 6.67 Å². The van der Waals surface area contributed by atoms with Crippen molar-refractivity contribution < 1.29 is 0 Å². The molecule has 29 heavy (non-hydrogen) atoms. The molecule has 0 aromatic heterocycles. The standard InChI is InChI=1S/C26H33N3/c1-7-22(8-2)17-20(5)27-18-28-25-13-15-26(16-14-25)29-21(6)24-11-9-23(10-12-24)19(3)4/h9-17,27-29H,3,5-8,18H2,1-2,4H3. The minimum Gasteiger partial charge on any atom is -0.368 e. The molecule has 3 N–H and O–H groups in total. The molecule has 0 aliphatic rings. The molecule has 2 aromatic carbocycles. The van der Waals surface area contributed by atoms with E-state index in [-0.39, 0.29) is 0 Å². The molecule has 0 saturated heterocycles. The lowest BCUT2D eigenvalue weighted by molar-refractivity contribution is 0.879. The van der Waals surface area contributed by atoms with Gasteiger partial charge in [0.15, 0.2) is 0 Å². The van der Waals surface area contributed by atoms with Gasteiger partial charge in [-0.15, -0.1) is 0 Å². The predicted molar refractivity (Wildman–Crippen MR) is 130 cm³/mol. The van der Waals surface area contributed by atoms with Crippen LogP contribution in [0.5, 0.6) is 0 Å². The van der Waals surface area contributed by atoms with Crippen molar-refractivity contribution in [1.29, 1.82) is 0 Å². The fourth-order valence-electron chi connectivity index (χ4n) is 2.89. The number of hydrogen-bond acceptors (Lipinski definition) is 3. The average molecular weight is 388 g/mol. The van der Waals surface area contributed by atoms with Crippen LogP contribution >= 0.6 is 0 Å². The molecule has 0 aliphatic carbocycles. The predicted octanol–water partition coefficient (Wildman–Crippen LogP) is 7.02. The molecular weight excluding hydrogens is 354 g/mol. The van der Waals surface area contributed by atoms with Crippen LogP contribution in [0.25, 0.3) is 11.3 Å². The van der Waals surface area contributed by atoms with Crippen LogP contribution in [-0.2, 0) is 0 Å². The van der Waals surface area contributed by atoms with E-state index < -0.39 is 0 Å². The van der Waals surface area contributed by atoms with Gasteiger partial charge in [-0.05, 0) is 61.2 Å². The summed E-state index contributed by atoms with van der Waals surface area (Å²) < 4.78 is 0. The van der Waals surface area contributed by atoms with Crippen molar-refractivity contribution in [2.75, 3.05) is 17.3 Å². The van der Waals surface area contributed by atoms with E-state index in [0.29, 0.717) is 6.67 Å². The van der Waals surface area contributed by atoms with Crippen molar-refractivity contribution in [3.8, 4) is 0 Å². The zero-order valence-electron chi connectivity index (χ0n) is 17.9. The first-order chi connectivity index (χ1) is 13.9. The van der Waals surface area contributed by atoms with E-state index >= 15 is 0 Å². The molecule has 152 valence electrons. The fourth-order valence-corrected chi connectivity index (χ4v) is 2.89. The van der Waals surface area contributed by atoms with Gasteiger partial charge < -0.3 is 16.0 Å². The third-order valence-electron chi connectivity index (χ3n) is 4.80. The molecule has 0 amide bonds. The van der Waals surface area contributed by atoms with E-state index in [1.54, 1.807) is 0 Å². The van der Waals surface area contributed by atoms with Crippen LogP contribution in [0.15, 0.2) is 85.6 Å². The van der Waals surface area contributed by atoms with Gasteiger partial charge in [0, 0.05) is 22.8 Å². The molecule has 0 bridgehead atoms. The number of rotatable bonds is 11. The minimum absolute atomic E-state index is 0.630. The summed E-state index contributed by atoms with van der Waals surface area (Å²) in [6.07, 6.45) is 4.24. The molecule has 3 heteroatoms. The Labute approximate surface area is 175 Å². The maximum atomic E-state index is 4.15. The Balaban J connectivity index is 1.85. The van der Waals surface area contributed by atoms with Gasteiger partial charge in [0.1, 0.15) is 0 Å². The second-order valence-electron chi connectivity index (χ2n) is 7.10. The van der Waals surface area contributed by atoms with Crippen LogP contribution in [0.2, 0.25) is 0 Å². The van der Waals surface area contributed by atoms with Crippen LogP contribution in [0.1, 0.15) is 44.7 Å². The Bertz CT molecular complexity index is 865. The highest BCUT2D eigenvalue weighted by Crippen LogP contribution is 2.21. The zero-order chi connectivity index (χ0) is 21.2. The Morgan fingerprint density at radius 3 is 1.93 bits per heavy atom. The number of anilines is 2. The normalized spacial score (nSPS) is 10.0. The second-order valence-corrected chi connectivity index (χ2v) is 7.10. The largest absolute Gasteiger partial charge is 0.368 e. The molecule has 0 heterocycles. The lowest BCUT2D eigenvalue weighted by atomic mass is 10.1. The average Bonchev–Trinajstić information content (AvgIpc) is 2.73. The molecule has 0 unspecified atom stereocenters. The van der Waals surface area contributed by atoms with E-state index in [4.69, 9.17) is 0 Å². The van der Waals surface area contributed by atoms with Gasteiger partial charge in [-0.2, -0.15) is 0 Å². The highest BCUT2D eigenvalue weighted by atomic mass is 15.1. The van der Waals surface area contributed by atoms with Crippen molar-refractivity contribution in [2.24, 2.45) is 0 Å². The molecule has 0 fully saturated rings. The summed E-state index contributed by atoms with van der Waals surface area (Å²) >= 11 is 0. The zero-order valence-corrected chi connectivity index (χ0v) is 17.9. The van der Waals surface area contributed by atoms with E-state index in [9.17, 15) is 0 Å². The fraction of sp³-hybridized carbons (Fsp3) is 0.231. The highest BCUT2D eigenvalue weighted by Gasteiger charge is 2.01. The van der Waals surface area contributed by atoms with Crippen molar-refractivity contribution >= 4 is 22.6 Å². The molecule has 2 aromatic rings. The third kappa shape index (κ3) is 7.04. The summed E-state index contributed by atoms with van der Waals surface area (Å²) in [5.41, 5.74) is 8.50. The SMILES string of the molecule is C=C(C=C(CC)CC)NCNc1ccc(NC(=C)c2ccc(C(=C)C)cc2)cc1. The van der Waals surface area contributed by atoms with Gasteiger partial charge in [0.25, 0.3) is 0 Å². The minimum atomic E-state index is 0.630. The van der Waals surface area contributed by atoms with Crippen molar-refractivity contribution in [3.05, 3.63) is 96.7 Å². The number of benzene rings is 2. The second kappa shape index (κ2) is 11.0. The Morgan fingerprint density at radius 2 is 1.38 bits per heavy atom. The van der Waals surface area contributed by atoms with Gasteiger partial charge >= 0.3 is 0 Å². The number of allylic oxidation sites excluding steroid dienone is 3. The van der Waals surface area contributed by atoms with Crippen LogP contribution in [0.3, 0.4) is 0 Å². The molecule has 0 saturated carbocycles. The van der Waals surface area contributed by atoms with Gasteiger partial charge in [-0.1, -0.05) is 69.0 Å². The molecular formula is C26H33N3. The highest BCUT2D eigenvalue weighted by molar-refractivity contribution is 5.76. The van der Waals surface area contributed by atoms with Crippen molar-refractivity contribution in [3.63, 3.8) is 0 Å². The van der Waals surface area contributed by atoms with E-state index in [0.717, 1.165) is 52.3 Å². The lowest BCUT2D eigenvalue weighted by Crippen LogP contribution is -2.20. The molecule has 0 radical (unpaired) electrons. The lowest BCUT2D eigenvalue weighted by Gasteiger charge is -2.13. The Kier molecular flexibility index (Phi) is 8.35. The molecule has 0 atom stereocenters. The molecule has 0 spiro atoms. The number of nitrogens with one attached hydrogen (secondary N) is 3. The van der Waals surface area contributed by atoms with Crippen molar-refractivity contribution in [1.82, 2.24) is 5.32 Å². The van der Waals surface area contributed by atoms with Gasteiger partial charge in [-0.3, -0.25) is 0 Å². The van der Waals surface area contributed by atoms with Gasteiger partial charge in [-0.25, -0.2) is 0 Å². The van der Waals surface area contributed by atoms with Gasteiger partial charge in [0.2, 0.25) is 0 Å². The first kappa shape index (κ1) is 22.1. The molecule has 0 aliphatic heterocycles. The summed E-state index contributed by atoms with van der Waals surface area (Å²) in [6.45, 7) is 19.2. The van der Waals surface area contributed by atoms with Crippen LogP contribution in [-0.4, -0.2) is 6.67 Å². The van der Waals surface area contributed by atoms with Crippen molar-refractivity contribution in [2.45, 2.75) is 33.6 Å². The maximum absolute atomic E-state index is 4.15. The first-order valence-electron chi connectivity index (χ1n) is 10.1. The smallest absolute Gasteiger partial charge is 0.0849 e. The maximum Gasteiger partial charge on any atom is 0.0849 e. The monoisotopic (exact) mass is 387 g/mol.